The van der Waals surface area contributed by atoms with Crippen LogP contribution in [0.4, 0.5) is 0 Å². The Kier molecular flexibility index (Phi) is 4.17. The molecule has 5 heteroatoms. The van der Waals surface area contributed by atoms with Crippen molar-refractivity contribution in [3.05, 3.63) is 29.8 Å². The van der Waals surface area contributed by atoms with Crippen molar-refractivity contribution in [2.24, 2.45) is 5.41 Å². The topological polar surface area (TPSA) is 70.0 Å². The van der Waals surface area contributed by atoms with Gasteiger partial charge in [-0.3, -0.25) is 0 Å². The first-order valence-corrected chi connectivity index (χ1v) is 8.36. The Morgan fingerprint density at radius 3 is 2.65 bits per heavy atom. The fourth-order valence-corrected chi connectivity index (χ4v) is 4.36. The van der Waals surface area contributed by atoms with Crippen LogP contribution in [0.25, 0.3) is 0 Å². The van der Waals surface area contributed by atoms with E-state index < -0.39 is 10.0 Å². The highest BCUT2D eigenvalue weighted by Gasteiger charge is 2.35. The van der Waals surface area contributed by atoms with Crippen molar-refractivity contribution < 1.29 is 8.42 Å². The lowest BCUT2D eigenvalue weighted by molar-refractivity contribution is 0.188. The molecule has 1 aromatic carbocycles. The first-order chi connectivity index (χ1) is 9.37. The van der Waals surface area contributed by atoms with Crippen LogP contribution >= 0.6 is 0 Å². The second-order valence-corrected chi connectivity index (χ2v) is 7.70. The molecule has 0 saturated heterocycles. The molecular weight excluding hydrogens is 272 g/mol. The molecule has 0 radical (unpaired) electrons. The molecule has 0 bridgehead atoms. The zero-order valence-corrected chi connectivity index (χ0v) is 12.7. The van der Waals surface area contributed by atoms with Crippen molar-refractivity contribution in [1.29, 1.82) is 5.26 Å². The van der Waals surface area contributed by atoms with Crippen molar-refractivity contribution in [2.75, 3.05) is 0 Å². The van der Waals surface area contributed by atoms with Crippen molar-refractivity contribution in [1.82, 2.24) is 4.72 Å². The van der Waals surface area contributed by atoms with E-state index in [9.17, 15) is 8.42 Å². The summed E-state index contributed by atoms with van der Waals surface area (Å²) in [4.78, 5) is 0.0730. The number of sulfonamides is 1. The van der Waals surface area contributed by atoms with E-state index in [4.69, 9.17) is 5.26 Å². The summed E-state index contributed by atoms with van der Waals surface area (Å²) >= 11 is 0. The molecule has 0 spiro atoms. The molecule has 1 aliphatic rings. The number of hydrogen-bond donors (Lipinski definition) is 1. The monoisotopic (exact) mass is 292 g/mol. The van der Waals surface area contributed by atoms with Crippen LogP contribution in [0.2, 0.25) is 0 Å². The van der Waals surface area contributed by atoms with Gasteiger partial charge in [0, 0.05) is 6.04 Å². The van der Waals surface area contributed by atoms with Crippen LogP contribution in [-0.4, -0.2) is 14.5 Å². The van der Waals surface area contributed by atoms with Crippen LogP contribution in [0.1, 0.15) is 45.1 Å². The lowest BCUT2D eigenvalue weighted by Gasteiger charge is -2.38. The van der Waals surface area contributed by atoms with Crippen molar-refractivity contribution >= 4 is 10.0 Å². The van der Waals surface area contributed by atoms with Crippen LogP contribution in [0.3, 0.4) is 0 Å². The first kappa shape index (κ1) is 15.0. The van der Waals surface area contributed by atoms with Crippen molar-refractivity contribution in [2.45, 2.75) is 50.5 Å². The number of nitriles is 1. The van der Waals surface area contributed by atoms with Gasteiger partial charge in [0.15, 0.2) is 0 Å². The Morgan fingerprint density at radius 2 is 2.00 bits per heavy atom. The van der Waals surface area contributed by atoms with E-state index in [1.54, 1.807) is 12.1 Å². The maximum absolute atomic E-state index is 12.5. The molecular formula is C15H20N2O2S. The molecule has 20 heavy (non-hydrogen) atoms. The maximum Gasteiger partial charge on any atom is 0.242 e. The minimum atomic E-state index is -3.65. The minimum Gasteiger partial charge on any atom is -0.207 e. The predicted molar refractivity (Wildman–Crippen MR) is 77.5 cm³/mol. The van der Waals surface area contributed by atoms with E-state index in [1.165, 1.54) is 12.1 Å². The zero-order chi connectivity index (χ0) is 14.8. The van der Waals surface area contributed by atoms with E-state index in [2.05, 4.69) is 18.6 Å². The molecule has 1 atom stereocenters. The van der Waals surface area contributed by atoms with E-state index in [-0.39, 0.29) is 21.9 Å². The SMILES string of the molecule is CC1(C)CCCCC1NS(=O)(=O)c1ccccc1C#N. The standard InChI is InChI=1S/C15H20N2O2S/c1-15(2)10-6-5-9-14(15)17-20(18,19)13-8-4-3-7-12(13)11-16/h3-4,7-8,14,17H,5-6,9-10H2,1-2H3. The number of benzene rings is 1. The highest BCUT2D eigenvalue weighted by atomic mass is 32.2. The molecule has 1 saturated carbocycles. The average molecular weight is 292 g/mol. The smallest absolute Gasteiger partial charge is 0.207 e. The normalized spacial score (nSPS) is 22.1. The molecule has 1 fully saturated rings. The lowest BCUT2D eigenvalue weighted by atomic mass is 9.74. The molecule has 1 aliphatic carbocycles. The third-order valence-electron chi connectivity index (χ3n) is 4.10. The van der Waals surface area contributed by atoms with Crippen LogP contribution in [0.15, 0.2) is 29.2 Å². The van der Waals surface area contributed by atoms with Gasteiger partial charge in [0.1, 0.15) is 6.07 Å². The average Bonchev–Trinajstić information content (AvgIpc) is 2.41. The largest absolute Gasteiger partial charge is 0.242 e. The van der Waals surface area contributed by atoms with Crippen LogP contribution < -0.4 is 4.72 Å². The molecule has 1 N–H and O–H groups in total. The fourth-order valence-electron chi connectivity index (χ4n) is 2.76. The Morgan fingerprint density at radius 1 is 1.30 bits per heavy atom. The van der Waals surface area contributed by atoms with Crippen LogP contribution in [-0.2, 0) is 10.0 Å². The highest BCUT2D eigenvalue weighted by molar-refractivity contribution is 7.89. The van der Waals surface area contributed by atoms with Gasteiger partial charge in [-0.15, -0.1) is 0 Å². The third-order valence-corrected chi connectivity index (χ3v) is 5.63. The first-order valence-electron chi connectivity index (χ1n) is 6.88. The number of nitrogens with one attached hydrogen (secondary N) is 1. The summed E-state index contributed by atoms with van der Waals surface area (Å²) in [6, 6.07) is 8.18. The Hall–Kier alpha value is -1.38. The van der Waals surface area contributed by atoms with Gasteiger partial charge in [-0.2, -0.15) is 5.26 Å². The minimum absolute atomic E-state index is 0.0487. The van der Waals surface area contributed by atoms with E-state index >= 15 is 0 Å². The molecule has 0 heterocycles. The summed E-state index contributed by atoms with van der Waals surface area (Å²) in [5.41, 5.74) is 0.140. The number of rotatable bonds is 3. The summed E-state index contributed by atoms with van der Waals surface area (Å²) < 4.78 is 27.8. The quantitative estimate of drug-likeness (QED) is 0.931. The van der Waals surface area contributed by atoms with Gasteiger partial charge in [-0.05, 0) is 30.4 Å². The Balaban J connectivity index is 2.30. The van der Waals surface area contributed by atoms with E-state index in [0.717, 1.165) is 25.7 Å². The van der Waals surface area contributed by atoms with E-state index in [1.807, 2.05) is 6.07 Å². The summed E-state index contributed by atoms with van der Waals surface area (Å²) in [5.74, 6) is 0. The van der Waals surface area contributed by atoms with Gasteiger partial charge in [-0.1, -0.05) is 38.8 Å². The lowest BCUT2D eigenvalue weighted by Crippen LogP contribution is -2.46. The molecule has 108 valence electrons. The summed E-state index contributed by atoms with van der Waals surface area (Å²) in [7, 11) is -3.65. The molecule has 2 rings (SSSR count). The van der Waals surface area contributed by atoms with Gasteiger partial charge in [0.2, 0.25) is 10.0 Å². The van der Waals surface area contributed by atoms with Gasteiger partial charge < -0.3 is 0 Å². The molecule has 0 aliphatic heterocycles. The van der Waals surface area contributed by atoms with E-state index in [0.29, 0.717) is 0 Å². The van der Waals surface area contributed by atoms with Crippen LogP contribution in [0.5, 0.6) is 0 Å². The fraction of sp³-hybridized carbons (Fsp3) is 0.533. The second-order valence-electron chi connectivity index (χ2n) is 6.02. The van der Waals surface area contributed by atoms with Crippen molar-refractivity contribution in [3.63, 3.8) is 0 Å². The third kappa shape index (κ3) is 3.02. The van der Waals surface area contributed by atoms with Crippen molar-refractivity contribution in [3.8, 4) is 6.07 Å². The Labute approximate surface area is 120 Å². The van der Waals surface area contributed by atoms with Gasteiger partial charge in [-0.25, -0.2) is 13.1 Å². The summed E-state index contributed by atoms with van der Waals surface area (Å²) in [5, 5.41) is 9.05. The van der Waals surface area contributed by atoms with Gasteiger partial charge in [0.05, 0.1) is 10.5 Å². The molecule has 0 amide bonds. The summed E-state index contributed by atoms with van der Waals surface area (Å²) in [6.07, 6.45) is 4.04. The van der Waals surface area contributed by atoms with Gasteiger partial charge >= 0.3 is 0 Å². The molecule has 1 unspecified atom stereocenters. The highest BCUT2D eigenvalue weighted by Crippen LogP contribution is 2.36. The molecule has 0 aromatic heterocycles. The summed E-state index contributed by atoms with van der Waals surface area (Å²) in [6.45, 7) is 4.19. The van der Waals surface area contributed by atoms with Gasteiger partial charge in [0.25, 0.3) is 0 Å². The second kappa shape index (κ2) is 5.55. The molecule has 4 nitrogen and oxygen atoms in total. The maximum atomic E-state index is 12.5. The Bertz CT molecular complexity index is 630. The van der Waals surface area contributed by atoms with Crippen LogP contribution in [0, 0.1) is 16.7 Å². The number of nitrogens with zero attached hydrogens (tertiary/aromatic N) is 1. The number of hydrogen-bond acceptors (Lipinski definition) is 3. The zero-order valence-electron chi connectivity index (χ0n) is 11.9. The molecule has 1 aromatic rings. The predicted octanol–water partition coefficient (Wildman–Crippen LogP) is 2.81.